The fourth-order valence-electron chi connectivity index (χ4n) is 6.45. The molecule has 26 heavy (non-hydrogen) atoms. The number of ketones is 1. The SMILES string of the molecule is CC1=C[C@H]2[C@]3(O)[C@H](C)[C@@H](O)[C@@]4(O)[C@H]([C@@H]3C=C(CO)C[C@@]2(O)C1=O)C4(C)C. The Kier molecular flexibility index (Phi) is 3.42. The zero-order chi connectivity index (χ0) is 19.4. The van der Waals surface area contributed by atoms with Gasteiger partial charge in [-0.05, 0) is 18.1 Å². The summed E-state index contributed by atoms with van der Waals surface area (Å²) in [6.45, 7) is 6.63. The summed E-state index contributed by atoms with van der Waals surface area (Å²) in [5.41, 5.74) is -4.57. The lowest BCUT2D eigenvalue weighted by Crippen LogP contribution is -2.65. The summed E-state index contributed by atoms with van der Waals surface area (Å²) in [6, 6.07) is 0. The Morgan fingerprint density at radius 1 is 1.19 bits per heavy atom. The normalized spacial score (nSPS) is 54.5. The minimum atomic E-state index is -1.84. The summed E-state index contributed by atoms with van der Waals surface area (Å²) in [7, 11) is 0. The third-order valence-electron chi connectivity index (χ3n) is 8.04. The van der Waals surface area contributed by atoms with Crippen molar-refractivity contribution in [1.82, 2.24) is 0 Å². The monoisotopic (exact) mass is 364 g/mol. The number of fused-ring (bicyclic) bond motifs is 5. The minimum Gasteiger partial charge on any atom is -0.392 e. The van der Waals surface area contributed by atoms with Crippen molar-refractivity contribution in [3.05, 3.63) is 23.3 Å². The maximum atomic E-state index is 12.7. The summed E-state index contributed by atoms with van der Waals surface area (Å²) in [5, 5.41) is 54.9. The second kappa shape index (κ2) is 4.86. The molecule has 0 unspecified atom stereocenters. The van der Waals surface area contributed by atoms with E-state index in [2.05, 4.69) is 0 Å². The molecule has 0 spiro atoms. The molecule has 2 saturated carbocycles. The van der Waals surface area contributed by atoms with Crippen LogP contribution in [0.3, 0.4) is 0 Å². The Hall–Kier alpha value is -1.05. The fraction of sp³-hybridized carbons (Fsp3) is 0.750. The average Bonchev–Trinajstić information content (AvgIpc) is 2.97. The second-order valence-electron chi connectivity index (χ2n) is 9.41. The van der Waals surface area contributed by atoms with E-state index < -0.39 is 57.8 Å². The molecule has 0 aromatic rings. The molecule has 2 fully saturated rings. The van der Waals surface area contributed by atoms with Crippen LogP contribution in [-0.4, -0.2) is 60.8 Å². The van der Waals surface area contributed by atoms with Crippen LogP contribution in [0.2, 0.25) is 0 Å². The molecule has 0 aliphatic heterocycles. The van der Waals surface area contributed by atoms with Gasteiger partial charge in [-0.2, -0.15) is 0 Å². The fourth-order valence-corrected chi connectivity index (χ4v) is 6.45. The van der Waals surface area contributed by atoms with Crippen LogP contribution < -0.4 is 0 Å². The van der Waals surface area contributed by atoms with E-state index >= 15 is 0 Å². The van der Waals surface area contributed by atoms with Crippen molar-refractivity contribution in [3.63, 3.8) is 0 Å². The highest BCUT2D eigenvalue weighted by Gasteiger charge is 2.84. The highest BCUT2D eigenvalue weighted by molar-refractivity contribution is 6.04. The first-order chi connectivity index (χ1) is 11.9. The number of hydrogen-bond acceptors (Lipinski definition) is 6. The van der Waals surface area contributed by atoms with Crippen molar-refractivity contribution in [2.45, 2.75) is 57.0 Å². The van der Waals surface area contributed by atoms with Crippen LogP contribution >= 0.6 is 0 Å². The Bertz CT molecular complexity index is 753. The van der Waals surface area contributed by atoms with Gasteiger partial charge in [0.05, 0.1) is 18.3 Å². The predicted molar refractivity (Wildman–Crippen MR) is 92.8 cm³/mol. The van der Waals surface area contributed by atoms with Gasteiger partial charge in [-0.1, -0.05) is 32.9 Å². The third-order valence-corrected chi connectivity index (χ3v) is 8.04. The van der Waals surface area contributed by atoms with E-state index in [1.165, 1.54) is 0 Å². The molecule has 5 N–H and O–H groups in total. The standard InChI is InChI=1S/C20H28O6/c1-9-5-13-18(24,15(9)22)7-11(8-21)6-12-14-17(3,4)20(14,26)16(23)10(2)19(12,13)25/h5-6,10,12-14,16,21,23-26H,7-8H2,1-4H3/t10-,12+,13-,14-,16-,18+,19+,20+/m1/s1. The van der Waals surface area contributed by atoms with E-state index in [4.69, 9.17) is 0 Å². The van der Waals surface area contributed by atoms with E-state index in [1.807, 2.05) is 13.8 Å². The molecule has 0 heterocycles. The van der Waals surface area contributed by atoms with Crippen molar-refractivity contribution >= 4 is 5.78 Å². The summed E-state index contributed by atoms with van der Waals surface area (Å²) in [5.74, 6) is -3.14. The van der Waals surface area contributed by atoms with Crippen molar-refractivity contribution in [2.24, 2.45) is 29.1 Å². The van der Waals surface area contributed by atoms with Gasteiger partial charge in [-0.15, -0.1) is 0 Å². The van der Waals surface area contributed by atoms with Crippen molar-refractivity contribution in [2.75, 3.05) is 6.61 Å². The highest BCUT2D eigenvalue weighted by atomic mass is 16.4. The number of hydrogen-bond donors (Lipinski definition) is 5. The van der Waals surface area contributed by atoms with Gasteiger partial charge in [-0.25, -0.2) is 0 Å². The maximum absolute atomic E-state index is 12.7. The van der Waals surface area contributed by atoms with E-state index in [9.17, 15) is 30.3 Å². The third kappa shape index (κ3) is 1.69. The van der Waals surface area contributed by atoms with Crippen molar-refractivity contribution < 1.29 is 30.3 Å². The molecule has 0 bridgehead atoms. The molecule has 0 saturated heterocycles. The molecule has 0 radical (unpaired) electrons. The first-order valence-electron chi connectivity index (χ1n) is 9.27. The molecule has 8 atom stereocenters. The Morgan fingerprint density at radius 2 is 1.81 bits per heavy atom. The number of Topliss-reactive ketones (excluding diaryl/α,β-unsaturated/α-hetero) is 1. The predicted octanol–water partition coefficient (Wildman–Crippen LogP) is -0.0699. The lowest BCUT2D eigenvalue weighted by atomic mass is 9.59. The van der Waals surface area contributed by atoms with Crippen LogP contribution in [-0.2, 0) is 4.79 Å². The van der Waals surface area contributed by atoms with Gasteiger partial charge in [0, 0.05) is 35.5 Å². The van der Waals surface area contributed by atoms with Gasteiger partial charge in [0.1, 0.15) is 11.2 Å². The Balaban J connectivity index is 1.96. The zero-order valence-electron chi connectivity index (χ0n) is 15.6. The van der Waals surface area contributed by atoms with Gasteiger partial charge < -0.3 is 25.5 Å². The summed E-state index contributed by atoms with van der Waals surface area (Å²) in [6.07, 6.45) is 2.08. The van der Waals surface area contributed by atoms with Crippen LogP contribution in [0.1, 0.15) is 34.1 Å². The number of aliphatic hydroxyl groups is 5. The molecule has 0 aromatic heterocycles. The number of aliphatic hydroxyl groups excluding tert-OH is 2. The molecule has 4 aliphatic carbocycles. The van der Waals surface area contributed by atoms with Gasteiger partial charge in [-0.3, -0.25) is 4.79 Å². The van der Waals surface area contributed by atoms with Crippen LogP contribution in [0.15, 0.2) is 23.3 Å². The molecule has 4 rings (SSSR count). The topological polar surface area (TPSA) is 118 Å². The van der Waals surface area contributed by atoms with Crippen molar-refractivity contribution in [3.8, 4) is 0 Å². The molecule has 6 nitrogen and oxygen atoms in total. The van der Waals surface area contributed by atoms with Gasteiger partial charge in [0.15, 0.2) is 5.78 Å². The molecule has 144 valence electrons. The second-order valence-corrected chi connectivity index (χ2v) is 9.41. The van der Waals surface area contributed by atoms with E-state index in [-0.39, 0.29) is 13.0 Å². The average molecular weight is 364 g/mol. The number of carbonyl (C=O) groups excluding carboxylic acids is 1. The van der Waals surface area contributed by atoms with Gasteiger partial charge in [0.25, 0.3) is 0 Å². The lowest BCUT2D eigenvalue weighted by molar-refractivity contribution is -0.209. The first-order valence-corrected chi connectivity index (χ1v) is 9.27. The van der Waals surface area contributed by atoms with Crippen LogP contribution in [0.25, 0.3) is 0 Å². The quantitative estimate of drug-likeness (QED) is 0.416. The maximum Gasteiger partial charge on any atom is 0.190 e. The van der Waals surface area contributed by atoms with E-state index in [1.54, 1.807) is 26.0 Å². The van der Waals surface area contributed by atoms with Gasteiger partial charge in [0.2, 0.25) is 0 Å². The molecular formula is C20H28O6. The number of carbonyl (C=O) groups is 1. The number of rotatable bonds is 1. The molecule has 6 heteroatoms. The van der Waals surface area contributed by atoms with E-state index in [0.717, 1.165) is 0 Å². The molecule has 4 aliphatic rings. The first kappa shape index (κ1) is 18.3. The minimum absolute atomic E-state index is 0.0615. The lowest BCUT2D eigenvalue weighted by Gasteiger charge is -2.51. The van der Waals surface area contributed by atoms with Crippen LogP contribution in [0, 0.1) is 29.1 Å². The van der Waals surface area contributed by atoms with Crippen LogP contribution in [0.4, 0.5) is 0 Å². The largest absolute Gasteiger partial charge is 0.392 e. The Morgan fingerprint density at radius 3 is 2.38 bits per heavy atom. The highest BCUT2D eigenvalue weighted by Crippen LogP contribution is 2.74. The smallest absolute Gasteiger partial charge is 0.190 e. The summed E-state index contributed by atoms with van der Waals surface area (Å²) >= 11 is 0. The molecule has 0 amide bonds. The summed E-state index contributed by atoms with van der Waals surface area (Å²) in [4.78, 5) is 12.7. The summed E-state index contributed by atoms with van der Waals surface area (Å²) < 4.78 is 0. The van der Waals surface area contributed by atoms with E-state index in [0.29, 0.717) is 11.1 Å². The van der Waals surface area contributed by atoms with Crippen LogP contribution in [0.5, 0.6) is 0 Å². The zero-order valence-corrected chi connectivity index (χ0v) is 15.6. The van der Waals surface area contributed by atoms with Gasteiger partial charge >= 0.3 is 0 Å². The molecular weight excluding hydrogens is 336 g/mol. The Labute approximate surface area is 152 Å². The van der Waals surface area contributed by atoms with Crippen molar-refractivity contribution in [1.29, 1.82) is 0 Å². The molecule has 0 aromatic carbocycles.